The van der Waals surface area contributed by atoms with Gasteiger partial charge in [0.2, 0.25) is 0 Å². The van der Waals surface area contributed by atoms with Crippen LogP contribution in [0.1, 0.15) is 33.1 Å². The van der Waals surface area contributed by atoms with Crippen LogP contribution in [0.5, 0.6) is 0 Å². The summed E-state index contributed by atoms with van der Waals surface area (Å²) in [6.07, 6.45) is 5.01. The summed E-state index contributed by atoms with van der Waals surface area (Å²) in [7, 11) is 0. The number of hydrogen-bond donors (Lipinski definition) is 1. The second-order valence-electron chi connectivity index (χ2n) is 2.76. The highest BCUT2D eigenvalue weighted by molar-refractivity contribution is 5.75. The van der Waals surface area contributed by atoms with Crippen LogP contribution in [0, 0.1) is 11.3 Å². The Morgan fingerprint density at radius 1 is 1.70 bits per heavy atom. The van der Waals surface area contributed by atoms with Gasteiger partial charge < -0.3 is 5.41 Å². The number of nitrogens with one attached hydrogen (secondary N) is 1. The van der Waals surface area contributed by atoms with Gasteiger partial charge in [-0.3, -0.25) is 0 Å². The fourth-order valence-corrected chi connectivity index (χ4v) is 0.838. The van der Waals surface area contributed by atoms with E-state index in [9.17, 15) is 0 Å². The minimum absolute atomic E-state index is 0.498. The van der Waals surface area contributed by atoms with Gasteiger partial charge in [0.1, 0.15) is 0 Å². The highest BCUT2D eigenvalue weighted by Gasteiger charge is 2.01. The van der Waals surface area contributed by atoms with E-state index in [0.717, 1.165) is 5.57 Å². The van der Waals surface area contributed by atoms with Gasteiger partial charge in [-0.05, 0) is 17.9 Å². The van der Waals surface area contributed by atoms with Gasteiger partial charge in [-0.1, -0.05) is 33.3 Å². The molecule has 0 amide bonds. The van der Waals surface area contributed by atoms with Crippen LogP contribution in [0.3, 0.4) is 0 Å². The highest BCUT2D eigenvalue weighted by Crippen LogP contribution is 2.13. The van der Waals surface area contributed by atoms with Crippen molar-refractivity contribution in [3.8, 4) is 0 Å². The molecule has 0 aromatic rings. The first kappa shape index (κ1) is 9.41. The lowest BCUT2D eigenvalue weighted by molar-refractivity contribution is 0.588. The Hall–Kier alpha value is -0.590. The molecule has 0 aliphatic carbocycles. The van der Waals surface area contributed by atoms with Crippen molar-refractivity contribution in [2.45, 2.75) is 33.1 Å². The quantitative estimate of drug-likeness (QED) is 0.566. The maximum absolute atomic E-state index is 6.95. The molecule has 0 aromatic carbocycles. The molecule has 0 unspecified atom stereocenters. The average Bonchev–Trinajstić information content (AvgIpc) is 1.98. The molecule has 0 aliphatic heterocycles. The Labute approximate surface area is 63.7 Å². The van der Waals surface area contributed by atoms with Gasteiger partial charge in [0.25, 0.3) is 0 Å². The van der Waals surface area contributed by atoms with Crippen molar-refractivity contribution in [3.05, 3.63) is 12.2 Å². The molecule has 1 nitrogen and oxygen atoms in total. The van der Waals surface area contributed by atoms with Crippen molar-refractivity contribution in [1.29, 1.82) is 5.41 Å². The minimum Gasteiger partial charge on any atom is -0.308 e. The van der Waals surface area contributed by atoms with Crippen LogP contribution in [0.15, 0.2) is 12.2 Å². The van der Waals surface area contributed by atoms with Crippen LogP contribution in [-0.2, 0) is 0 Å². The summed E-state index contributed by atoms with van der Waals surface area (Å²) in [5, 5.41) is 6.95. The van der Waals surface area contributed by atoms with Crippen LogP contribution in [0.25, 0.3) is 0 Å². The molecule has 0 bridgehead atoms. The summed E-state index contributed by atoms with van der Waals surface area (Å²) in [5.41, 5.74) is 0.952. The van der Waals surface area contributed by atoms with Crippen LogP contribution in [0.2, 0.25) is 0 Å². The second kappa shape index (κ2) is 5.21. The fraction of sp³-hybridized carbons (Fsp3) is 0.667. The predicted molar refractivity (Wildman–Crippen MR) is 46.6 cm³/mol. The Kier molecular flexibility index (Phi) is 4.91. The third-order valence-electron chi connectivity index (χ3n) is 1.81. The van der Waals surface area contributed by atoms with Crippen molar-refractivity contribution < 1.29 is 0 Å². The molecular weight excluding hydrogens is 122 g/mol. The third-order valence-corrected chi connectivity index (χ3v) is 1.81. The molecule has 0 spiro atoms. The molecule has 0 radical (unpaired) electrons. The number of unbranched alkanes of at least 4 members (excludes halogenated alkanes) is 1. The van der Waals surface area contributed by atoms with E-state index < -0.39 is 0 Å². The molecule has 0 saturated carbocycles. The van der Waals surface area contributed by atoms with E-state index in [-0.39, 0.29) is 0 Å². The number of rotatable bonds is 5. The fourth-order valence-electron chi connectivity index (χ4n) is 0.838. The molecule has 10 heavy (non-hydrogen) atoms. The first-order valence-electron chi connectivity index (χ1n) is 3.91. The van der Waals surface area contributed by atoms with E-state index in [2.05, 4.69) is 20.4 Å². The molecule has 0 rings (SSSR count). The molecule has 58 valence electrons. The Morgan fingerprint density at radius 2 is 2.30 bits per heavy atom. The number of allylic oxidation sites excluding steroid dienone is 1. The van der Waals surface area contributed by atoms with E-state index in [0.29, 0.717) is 5.92 Å². The van der Waals surface area contributed by atoms with E-state index >= 15 is 0 Å². The number of hydrogen-bond acceptors (Lipinski definition) is 1. The first-order valence-corrected chi connectivity index (χ1v) is 3.91. The molecule has 0 saturated heterocycles. The maximum Gasteiger partial charge on any atom is 0.0206 e. The van der Waals surface area contributed by atoms with Crippen molar-refractivity contribution in [2.24, 2.45) is 5.92 Å². The summed E-state index contributed by atoms with van der Waals surface area (Å²) in [5.74, 6) is 0.498. The molecule has 0 fully saturated rings. The van der Waals surface area contributed by atoms with Gasteiger partial charge in [-0.15, -0.1) is 0 Å². The van der Waals surface area contributed by atoms with Gasteiger partial charge >= 0.3 is 0 Å². The smallest absolute Gasteiger partial charge is 0.0206 e. The molecule has 1 atom stereocenters. The summed E-state index contributed by atoms with van der Waals surface area (Å²) in [6.45, 7) is 8.09. The summed E-state index contributed by atoms with van der Waals surface area (Å²) in [6, 6.07) is 0. The van der Waals surface area contributed by atoms with Crippen molar-refractivity contribution >= 4 is 6.21 Å². The summed E-state index contributed by atoms with van der Waals surface area (Å²) < 4.78 is 0. The van der Waals surface area contributed by atoms with Gasteiger partial charge in [-0.2, -0.15) is 0 Å². The van der Waals surface area contributed by atoms with Crippen molar-refractivity contribution in [2.75, 3.05) is 0 Å². The molecule has 1 heteroatoms. The van der Waals surface area contributed by atoms with Gasteiger partial charge in [0, 0.05) is 6.21 Å². The van der Waals surface area contributed by atoms with E-state index in [1.165, 1.54) is 25.5 Å². The first-order chi connectivity index (χ1) is 4.72. The van der Waals surface area contributed by atoms with Crippen LogP contribution in [0.4, 0.5) is 0 Å². The van der Waals surface area contributed by atoms with E-state index in [1.54, 1.807) is 0 Å². The topological polar surface area (TPSA) is 23.9 Å². The lowest BCUT2D eigenvalue weighted by Crippen LogP contribution is -1.98. The second-order valence-corrected chi connectivity index (χ2v) is 2.76. The molecule has 0 aromatic heterocycles. The average molecular weight is 139 g/mol. The lowest BCUT2D eigenvalue weighted by Gasteiger charge is -2.08. The Bertz CT molecular complexity index is 116. The summed E-state index contributed by atoms with van der Waals surface area (Å²) >= 11 is 0. The van der Waals surface area contributed by atoms with Gasteiger partial charge in [-0.25, -0.2) is 0 Å². The van der Waals surface area contributed by atoms with Gasteiger partial charge in [0.15, 0.2) is 0 Å². The van der Waals surface area contributed by atoms with Crippen LogP contribution in [-0.4, -0.2) is 6.21 Å². The molecule has 1 N–H and O–H groups in total. The predicted octanol–water partition coefficient (Wildman–Crippen LogP) is 3.02. The SMILES string of the molecule is C=C(C=N)[C@@H](C)CCCC. The zero-order valence-electron chi connectivity index (χ0n) is 6.98. The molecule has 0 heterocycles. The van der Waals surface area contributed by atoms with E-state index in [4.69, 9.17) is 5.41 Å². The molecular formula is C9H17N. The minimum atomic E-state index is 0.498. The standard InChI is InChI=1S/C9H17N/c1-4-5-6-8(2)9(3)7-10/h7-8,10H,3-6H2,1-2H3/t8-/m0/s1. The largest absolute Gasteiger partial charge is 0.308 e. The van der Waals surface area contributed by atoms with Crippen molar-refractivity contribution in [1.82, 2.24) is 0 Å². The summed E-state index contributed by atoms with van der Waals surface area (Å²) in [4.78, 5) is 0. The normalized spacial score (nSPS) is 12.6. The molecule has 0 aliphatic rings. The lowest BCUT2D eigenvalue weighted by atomic mass is 9.97. The van der Waals surface area contributed by atoms with Crippen molar-refractivity contribution in [3.63, 3.8) is 0 Å². The van der Waals surface area contributed by atoms with Crippen LogP contribution < -0.4 is 0 Å². The Morgan fingerprint density at radius 3 is 2.70 bits per heavy atom. The van der Waals surface area contributed by atoms with Crippen LogP contribution >= 0.6 is 0 Å². The highest BCUT2D eigenvalue weighted by atomic mass is 14.3. The zero-order chi connectivity index (χ0) is 7.98. The third kappa shape index (κ3) is 3.44. The van der Waals surface area contributed by atoms with E-state index in [1.807, 2.05) is 0 Å². The zero-order valence-corrected chi connectivity index (χ0v) is 6.98. The Balaban J connectivity index is 3.51. The maximum atomic E-state index is 6.95. The monoisotopic (exact) mass is 139 g/mol. The van der Waals surface area contributed by atoms with Gasteiger partial charge in [0.05, 0.1) is 0 Å².